The Morgan fingerprint density at radius 2 is 1.61 bits per heavy atom. The van der Waals surface area contributed by atoms with Crippen molar-refractivity contribution in [2.45, 2.75) is 98.3 Å². The number of unbranched alkanes of at least 4 members (excludes halogenated alkanes) is 1. The third kappa shape index (κ3) is 6.11. The van der Waals surface area contributed by atoms with Crippen molar-refractivity contribution in [1.29, 1.82) is 0 Å². The van der Waals surface area contributed by atoms with E-state index in [1.54, 1.807) is 0 Å². The smallest absolute Gasteiger partial charge is 0.224 e. The molecular weight excluding hydrogens is 390 g/mol. The highest BCUT2D eigenvalue weighted by Gasteiger charge is 2.45. The Morgan fingerprint density at radius 1 is 0.935 bits per heavy atom. The maximum absolute atomic E-state index is 13.4. The molecule has 170 valence electrons. The standard InChI is InChI=1S/C26H37NO4/c1-5-8-15-26(16-14-20(29)7-3)17-22-18(4)23(13-12-21(22)25(26)31)27-24(30)11-9-10-19(28)6-2/h12-13H,5-11,14-17H2,1-4H3,(H,27,30). The van der Waals surface area contributed by atoms with Gasteiger partial charge in [0.15, 0.2) is 5.78 Å². The van der Waals surface area contributed by atoms with Crippen molar-refractivity contribution in [2.75, 3.05) is 5.32 Å². The maximum atomic E-state index is 13.4. The van der Waals surface area contributed by atoms with E-state index in [2.05, 4.69) is 12.2 Å². The summed E-state index contributed by atoms with van der Waals surface area (Å²) in [6.07, 6.45) is 6.73. The molecule has 0 aromatic heterocycles. The lowest BCUT2D eigenvalue weighted by atomic mass is 9.74. The lowest BCUT2D eigenvalue weighted by molar-refractivity contribution is -0.120. The van der Waals surface area contributed by atoms with Crippen LogP contribution in [0.25, 0.3) is 0 Å². The second kappa shape index (κ2) is 11.4. The number of benzene rings is 1. The van der Waals surface area contributed by atoms with Crippen LogP contribution in [-0.2, 0) is 20.8 Å². The van der Waals surface area contributed by atoms with Gasteiger partial charge in [-0.25, -0.2) is 0 Å². The summed E-state index contributed by atoms with van der Waals surface area (Å²) in [5.74, 6) is 0.414. The SMILES string of the molecule is CCCCC1(CCC(=O)CC)Cc2c(ccc(NC(=O)CCCC(=O)CC)c2C)C1=O. The van der Waals surface area contributed by atoms with Crippen LogP contribution in [0.3, 0.4) is 0 Å². The molecule has 0 bridgehead atoms. The average Bonchev–Trinajstić information content (AvgIpc) is 3.05. The number of hydrogen-bond donors (Lipinski definition) is 1. The molecule has 5 heteroatoms. The molecule has 1 unspecified atom stereocenters. The second-order valence-electron chi connectivity index (χ2n) is 8.84. The topological polar surface area (TPSA) is 80.3 Å². The Balaban J connectivity index is 2.17. The minimum absolute atomic E-state index is 0.109. The molecule has 1 aliphatic rings. The van der Waals surface area contributed by atoms with Gasteiger partial charge in [0.05, 0.1) is 0 Å². The quantitative estimate of drug-likeness (QED) is 0.434. The summed E-state index contributed by atoms with van der Waals surface area (Å²) in [5.41, 5.74) is 2.91. The molecule has 1 N–H and O–H groups in total. The summed E-state index contributed by atoms with van der Waals surface area (Å²) >= 11 is 0. The fourth-order valence-corrected chi connectivity index (χ4v) is 4.47. The third-order valence-electron chi connectivity index (χ3n) is 6.65. The Kier molecular flexibility index (Phi) is 9.15. The van der Waals surface area contributed by atoms with Gasteiger partial charge in [0.2, 0.25) is 5.91 Å². The number of hydrogen-bond acceptors (Lipinski definition) is 4. The Morgan fingerprint density at radius 3 is 2.26 bits per heavy atom. The number of carbonyl (C=O) groups excluding carboxylic acids is 4. The fraction of sp³-hybridized carbons (Fsp3) is 0.615. The van der Waals surface area contributed by atoms with Gasteiger partial charge in [-0.2, -0.15) is 0 Å². The van der Waals surface area contributed by atoms with Crippen LogP contribution in [0, 0.1) is 12.3 Å². The molecule has 0 radical (unpaired) electrons. The molecule has 0 aliphatic heterocycles. The molecule has 0 heterocycles. The summed E-state index contributed by atoms with van der Waals surface area (Å²) < 4.78 is 0. The van der Waals surface area contributed by atoms with Crippen LogP contribution in [0.1, 0.15) is 106 Å². The van der Waals surface area contributed by atoms with Crippen LogP contribution < -0.4 is 5.32 Å². The van der Waals surface area contributed by atoms with E-state index in [1.807, 2.05) is 32.9 Å². The normalized spacial score (nSPS) is 17.5. The van der Waals surface area contributed by atoms with E-state index in [9.17, 15) is 19.2 Å². The number of fused-ring (bicyclic) bond motifs is 1. The molecule has 1 amide bonds. The molecular formula is C26H37NO4. The molecule has 0 saturated heterocycles. The van der Waals surface area contributed by atoms with Crippen molar-refractivity contribution in [1.82, 2.24) is 0 Å². The van der Waals surface area contributed by atoms with E-state index in [0.717, 1.165) is 41.6 Å². The monoisotopic (exact) mass is 427 g/mol. The van der Waals surface area contributed by atoms with Crippen molar-refractivity contribution in [3.8, 4) is 0 Å². The van der Waals surface area contributed by atoms with Crippen LogP contribution >= 0.6 is 0 Å². The molecule has 5 nitrogen and oxygen atoms in total. The van der Waals surface area contributed by atoms with E-state index in [4.69, 9.17) is 0 Å². The third-order valence-corrected chi connectivity index (χ3v) is 6.65. The van der Waals surface area contributed by atoms with Crippen molar-refractivity contribution in [3.63, 3.8) is 0 Å². The fourth-order valence-electron chi connectivity index (χ4n) is 4.47. The van der Waals surface area contributed by atoms with Crippen molar-refractivity contribution in [2.24, 2.45) is 5.41 Å². The van der Waals surface area contributed by atoms with Gasteiger partial charge in [-0.05, 0) is 55.9 Å². The minimum Gasteiger partial charge on any atom is -0.326 e. The summed E-state index contributed by atoms with van der Waals surface area (Å²) in [4.78, 5) is 49.2. The second-order valence-corrected chi connectivity index (χ2v) is 8.84. The maximum Gasteiger partial charge on any atom is 0.224 e. The van der Waals surface area contributed by atoms with Crippen LogP contribution in [0.2, 0.25) is 0 Å². The lowest BCUT2D eigenvalue weighted by Crippen LogP contribution is -2.29. The van der Waals surface area contributed by atoms with E-state index < -0.39 is 5.41 Å². The zero-order chi connectivity index (χ0) is 23.0. The largest absolute Gasteiger partial charge is 0.326 e. The zero-order valence-electron chi connectivity index (χ0n) is 19.6. The van der Waals surface area contributed by atoms with Crippen molar-refractivity contribution < 1.29 is 19.2 Å². The first kappa shape index (κ1) is 25.0. The van der Waals surface area contributed by atoms with E-state index in [1.165, 1.54) is 0 Å². The van der Waals surface area contributed by atoms with Crippen LogP contribution in [0.5, 0.6) is 0 Å². The zero-order valence-corrected chi connectivity index (χ0v) is 19.6. The molecule has 1 aliphatic carbocycles. The van der Waals surface area contributed by atoms with E-state index in [0.29, 0.717) is 51.4 Å². The molecule has 0 saturated carbocycles. The van der Waals surface area contributed by atoms with E-state index in [-0.39, 0.29) is 23.3 Å². The Labute approximate surface area is 186 Å². The van der Waals surface area contributed by atoms with Gasteiger partial charge in [-0.15, -0.1) is 0 Å². The predicted molar refractivity (Wildman–Crippen MR) is 123 cm³/mol. The average molecular weight is 428 g/mol. The van der Waals surface area contributed by atoms with Crippen molar-refractivity contribution in [3.05, 3.63) is 28.8 Å². The lowest BCUT2D eigenvalue weighted by Gasteiger charge is -2.27. The van der Waals surface area contributed by atoms with Gasteiger partial charge in [-0.3, -0.25) is 19.2 Å². The summed E-state index contributed by atoms with van der Waals surface area (Å²) in [7, 11) is 0. The first-order valence-electron chi connectivity index (χ1n) is 11.8. The molecule has 1 aromatic carbocycles. The number of amides is 1. The Bertz CT molecular complexity index is 842. The molecule has 1 atom stereocenters. The number of nitrogens with one attached hydrogen (secondary N) is 1. The number of carbonyl (C=O) groups is 4. The number of anilines is 1. The van der Waals surface area contributed by atoms with Gasteiger partial charge in [0.25, 0.3) is 0 Å². The molecule has 0 spiro atoms. The van der Waals surface area contributed by atoms with Crippen LogP contribution in [0.4, 0.5) is 5.69 Å². The number of rotatable bonds is 13. The Hall–Kier alpha value is -2.30. The molecule has 1 aromatic rings. The number of ketones is 3. The van der Waals surface area contributed by atoms with Crippen LogP contribution in [0.15, 0.2) is 12.1 Å². The molecule has 0 fully saturated rings. The first-order valence-corrected chi connectivity index (χ1v) is 11.8. The van der Waals surface area contributed by atoms with Crippen LogP contribution in [-0.4, -0.2) is 23.3 Å². The van der Waals surface area contributed by atoms with Gasteiger partial charge in [-0.1, -0.05) is 33.6 Å². The molecule has 2 rings (SSSR count). The minimum atomic E-state index is -0.503. The number of Topliss-reactive ketones (excluding diaryl/α,β-unsaturated/α-hetero) is 3. The van der Waals surface area contributed by atoms with E-state index >= 15 is 0 Å². The van der Waals surface area contributed by atoms with Gasteiger partial charge < -0.3 is 5.32 Å². The highest BCUT2D eigenvalue weighted by atomic mass is 16.2. The highest BCUT2D eigenvalue weighted by Crippen LogP contribution is 2.46. The van der Waals surface area contributed by atoms with Gasteiger partial charge in [0.1, 0.15) is 11.6 Å². The highest BCUT2D eigenvalue weighted by molar-refractivity contribution is 6.06. The summed E-state index contributed by atoms with van der Waals surface area (Å²) in [6, 6.07) is 3.64. The summed E-state index contributed by atoms with van der Waals surface area (Å²) in [5, 5.41) is 2.96. The van der Waals surface area contributed by atoms with Gasteiger partial charge in [0, 0.05) is 48.8 Å². The summed E-state index contributed by atoms with van der Waals surface area (Å²) in [6.45, 7) is 7.76. The first-order chi connectivity index (χ1) is 14.8. The van der Waals surface area contributed by atoms with Gasteiger partial charge >= 0.3 is 0 Å². The van der Waals surface area contributed by atoms with Crippen molar-refractivity contribution >= 4 is 28.9 Å². The predicted octanol–water partition coefficient (Wildman–Crippen LogP) is 5.76. The molecule has 31 heavy (non-hydrogen) atoms.